The molecule has 0 radical (unpaired) electrons. The maximum atomic E-state index is 14.1. The lowest BCUT2D eigenvalue weighted by atomic mass is 10.0. The molecule has 24 heavy (non-hydrogen) atoms. The number of hydrogen-bond acceptors (Lipinski definition) is 4. The molecule has 1 aromatic rings. The summed E-state index contributed by atoms with van der Waals surface area (Å²) in [5.41, 5.74) is 1.88. The largest absolute Gasteiger partial charge is 0.478 e. The molecule has 0 aliphatic carbocycles. The summed E-state index contributed by atoms with van der Waals surface area (Å²) in [5.74, 6) is -1.64. The second-order valence-corrected chi connectivity index (χ2v) is 5.94. The van der Waals surface area contributed by atoms with Crippen LogP contribution in [0.3, 0.4) is 0 Å². The predicted molar refractivity (Wildman–Crippen MR) is 90.0 cm³/mol. The van der Waals surface area contributed by atoms with Crippen molar-refractivity contribution in [2.75, 3.05) is 18.9 Å². The highest BCUT2D eigenvalue weighted by Gasteiger charge is 2.26. The fourth-order valence-corrected chi connectivity index (χ4v) is 2.77. The van der Waals surface area contributed by atoms with Gasteiger partial charge in [-0.15, -0.1) is 0 Å². The minimum atomic E-state index is -1.14. The highest BCUT2D eigenvalue weighted by Crippen LogP contribution is 2.29. The van der Waals surface area contributed by atoms with Gasteiger partial charge in [-0.1, -0.05) is 6.07 Å². The maximum absolute atomic E-state index is 14.1. The fourth-order valence-electron chi connectivity index (χ4n) is 2.77. The molecule has 1 aromatic carbocycles. The van der Waals surface area contributed by atoms with E-state index < -0.39 is 11.8 Å². The van der Waals surface area contributed by atoms with E-state index in [4.69, 9.17) is 0 Å². The first-order valence-corrected chi connectivity index (χ1v) is 7.72. The van der Waals surface area contributed by atoms with E-state index >= 15 is 0 Å². The number of aldehydes is 1. The van der Waals surface area contributed by atoms with Crippen molar-refractivity contribution in [1.29, 1.82) is 0 Å². The number of likely N-dealkylation sites (tertiary alicyclic amines) is 1. The number of carbonyl (C=O) groups excluding carboxylic acids is 1. The zero-order valence-electron chi connectivity index (χ0n) is 14.0. The minimum absolute atomic E-state index is 0.0135. The van der Waals surface area contributed by atoms with Crippen LogP contribution < -0.4 is 5.32 Å². The topological polar surface area (TPSA) is 69.6 Å². The Morgan fingerprint density at radius 1 is 1.42 bits per heavy atom. The van der Waals surface area contributed by atoms with Crippen molar-refractivity contribution in [1.82, 2.24) is 4.90 Å². The number of carbonyl (C=O) groups is 2. The second kappa shape index (κ2) is 7.29. The third kappa shape index (κ3) is 3.64. The molecule has 2 N–H and O–H groups in total. The summed E-state index contributed by atoms with van der Waals surface area (Å²) in [7, 11) is 1.81. The summed E-state index contributed by atoms with van der Waals surface area (Å²) in [5, 5.41) is 12.5. The third-order valence-corrected chi connectivity index (χ3v) is 4.08. The summed E-state index contributed by atoms with van der Waals surface area (Å²) in [6.07, 6.45) is 2.02. The van der Waals surface area contributed by atoms with Gasteiger partial charge in [-0.2, -0.15) is 0 Å². The van der Waals surface area contributed by atoms with Crippen molar-refractivity contribution >= 4 is 17.9 Å². The zero-order chi connectivity index (χ0) is 17.9. The quantitative estimate of drug-likeness (QED) is 0.640. The van der Waals surface area contributed by atoms with E-state index in [9.17, 15) is 19.1 Å². The van der Waals surface area contributed by atoms with Crippen LogP contribution in [0.1, 0.15) is 25.3 Å². The molecule has 0 bridgehead atoms. The lowest BCUT2D eigenvalue weighted by Crippen LogP contribution is -2.21. The van der Waals surface area contributed by atoms with Gasteiger partial charge in [-0.25, -0.2) is 9.18 Å². The minimum Gasteiger partial charge on any atom is -0.478 e. The molecular formula is C18H21FN2O3. The molecule has 5 nitrogen and oxygen atoms in total. The summed E-state index contributed by atoms with van der Waals surface area (Å²) >= 11 is 0. The van der Waals surface area contributed by atoms with Crippen LogP contribution >= 0.6 is 0 Å². The number of anilines is 1. The molecule has 6 heteroatoms. The van der Waals surface area contributed by atoms with Crippen LogP contribution in [-0.4, -0.2) is 35.9 Å². The highest BCUT2D eigenvalue weighted by atomic mass is 19.1. The van der Waals surface area contributed by atoms with Crippen LogP contribution in [0.5, 0.6) is 0 Å². The first kappa shape index (κ1) is 17.7. The number of carboxylic acid groups (broad SMARTS) is 1. The van der Waals surface area contributed by atoms with Gasteiger partial charge in [0.05, 0.1) is 11.4 Å². The van der Waals surface area contributed by atoms with Gasteiger partial charge < -0.3 is 15.3 Å². The molecule has 0 saturated carbocycles. The monoisotopic (exact) mass is 332 g/mol. The number of allylic oxidation sites excluding steroid dienone is 2. The maximum Gasteiger partial charge on any atom is 0.339 e. The lowest BCUT2D eigenvalue weighted by molar-refractivity contribution is -0.132. The molecule has 1 aliphatic rings. The normalized spacial score (nSPS) is 17.4. The molecule has 1 aliphatic heterocycles. The smallest absolute Gasteiger partial charge is 0.339 e. The summed E-state index contributed by atoms with van der Waals surface area (Å²) < 4.78 is 14.1. The molecule has 128 valence electrons. The molecule has 1 saturated heterocycles. The zero-order valence-corrected chi connectivity index (χ0v) is 14.0. The molecule has 1 heterocycles. The molecule has 0 amide bonds. The lowest BCUT2D eigenvalue weighted by Gasteiger charge is -2.20. The summed E-state index contributed by atoms with van der Waals surface area (Å²) in [4.78, 5) is 25.0. The van der Waals surface area contributed by atoms with Crippen molar-refractivity contribution in [3.8, 4) is 0 Å². The SMILES string of the molecule is C/C(C=O)=C(Nc1ccc(C)cc1F)/C(C(=O)O)=C1/CCCN1C. The number of aliphatic carboxylic acids is 1. The van der Waals surface area contributed by atoms with Gasteiger partial charge in [0.2, 0.25) is 0 Å². The van der Waals surface area contributed by atoms with E-state index in [1.807, 2.05) is 11.9 Å². The van der Waals surface area contributed by atoms with Crippen molar-refractivity contribution in [2.24, 2.45) is 0 Å². The van der Waals surface area contributed by atoms with Crippen molar-refractivity contribution in [2.45, 2.75) is 26.7 Å². The predicted octanol–water partition coefficient (Wildman–Crippen LogP) is 3.08. The Bertz CT molecular complexity index is 738. The number of rotatable bonds is 5. The Labute approximate surface area is 140 Å². The number of carboxylic acids is 1. The third-order valence-electron chi connectivity index (χ3n) is 4.08. The van der Waals surface area contributed by atoms with Gasteiger partial charge in [0, 0.05) is 24.9 Å². The van der Waals surface area contributed by atoms with Crippen LogP contribution in [0.4, 0.5) is 10.1 Å². The molecule has 0 aromatic heterocycles. The van der Waals surface area contributed by atoms with Gasteiger partial charge >= 0.3 is 5.97 Å². The first-order valence-electron chi connectivity index (χ1n) is 7.72. The van der Waals surface area contributed by atoms with E-state index in [1.54, 1.807) is 13.0 Å². The Kier molecular flexibility index (Phi) is 5.39. The van der Waals surface area contributed by atoms with Gasteiger partial charge in [-0.05, 0) is 44.4 Å². The van der Waals surface area contributed by atoms with E-state index in [0.717, 1.165) is 18.5 Å². The summed E-state index contributed by atoms with van der Waals surface area (Å²) in [6, 6.07) is 4.60. The molecular weight excluding hydrogens is 311 g/mol. The molecule has 1 fully saturated rings. The van der Waals surface area contributed by atoms with E-state index in [1.165, 1.54) is 19.1 Å². The van der Waals surface area contributed by atoms with E-state index in [0.29, 0.717) is 18.4 Å². The van der Waals surface area contributed by atoms with Gasteiger partial charge in [0.1, 0.15) is 17.7 Å². The van der Waals surface area contributed by atoms with E-state index in [2.05, 4.69) is 5.32 Å². The van der Waals surface area contributed by atoms with Crippen LogP contribution in [-0.2, 0) is 9.59 Å². The van der Waals surface area contributed by atoms with Gasteiger partial charge in [-0.3, -0.25) is 4.79 Å². The summed E-state index contributed by atoms with van der Waals surface area (Å²) in [6.45, 7) is 4.02. The Morgan fingerprint density at radius 2 is 2.12 bits per heavy atom. The fraction of sp³-hybridized carbons (Fsp3) is 0.333. The van der Waals surface area contributed by atoms with Crippen LogP contribution in [0.25, 0.3) is 0 Å². The van der Waals surface area contributed by atoms with Crippen LogP contribution in [0.2, 0.25) is 0 Å². The number of nitrogens with zero attached hydrogens (tertiary/aromatic N) is 1. The standard InChI is InChI=1S/C18H21FN2O3/c1-11-6-7-14(13(19)9-11)20-17(12(2)10-22)16(18(23)24)15-5-4-8-21(15)3/h6-7,9-10,20H,4-5,8H2,1-3H3,(H,23,24)/b16-15+,17-12+. The Hall–Kier alpha value is -2.63. The van der Waals surface area contributed by atoms with Crippen molar-refractivity contribution < 1.29 is 19.1 Å². The Morgan fingerprint density at radius 3 is 2.62 bits per heavy atom. The molecule has 2 rings (SSSR count). The van der Waals surface area contributed by atoms with Crippen LogP contribution in [0, 0.1) is 12.7 Å². The van der Waals surface area contributed by atoms with Gasteiger partial charge in [0.15, 0.2) is 0 Å². The molecule has 0 atom stereocenters. The van der Waals surface area contributed by atoms with Gasteiger partial charge in [0.25, 0.3) is 0 Å². The average Bonchev–Trinajstić information content (AvgIpc) is 2.93. The number of benzene rings is 1. The van der Waals surface area contributed by atoms with Crippen molar-refractivity contribution in [3.63, 3.8) is 0 Å². The number of halogens is 1. The average molecular weight is 332 g/mol. The second-order valence-electron chi connectivity index (χ2n) is 5.94. The van der Waals surface area contributed by atoms with Crippen LogP contribution in [0.15, 0.2) is 40.7 Å². The molecule has 0 unspecified atom stereocenters. The van der Waals surface area contributed by atoms with E-state index in [-0.39, 0.29) is 22.5 Å². The number of hydrogen-bond donors (Lipinski definition) is 2. The Balaban J connectivity index is 2.56. The number of aryl methyl sites for hydroxylation is 1. The van der Waals surface area contributed by atoms with Crippen molar-refractivity contribution in [3.05, 3.63) is 52.1 Å². The molecule has 0 spiro atoms. The highest BCUT2D eigenvalue weighted by molar-refractivity contribution is 5.96. The first-order chi connectivity index (χ1) is 11.3. The number of nitrogens with one attached hydrogen (secondary N) is 1.